The number of aromatic amines is 1. The van der Waals surface area contributed by atoms with Crippen LogP contribution in [0.3, 0.4) is 0 Å². The van der Waals surface area contributed by atoms with Gasteiger partial charge in [-0.3, -0.25) is 0 Å². The maximum Gasteiger partial charge on any atom is 0.416 e. The molecule has 0 unspecified atom stereocenters. The van der Waals surface area contributed by atoms with Crippen LogP contribution in [-0.2, 0) is 6.18 Å². The Hall–Kier alpha value is -2.87. The van der Waals surface area contributed by atoms with Gasteiger partial charge in [0.05, 0.1) is 22.3 Å². The van der Waals surface area contributed by atoms with E-state index >= 15 is 0 Å². The molecule has 0 radical (unpaired) electrons. The van der Waals surface area contributed by atoms with Gasteiger partial charge >= 0.3 is 6.18 Å². The van der Waals surface area contributed by atoms with Crippen LogP contribution in [0.5, 0.6) is 0 Å². The Kier molecular flexibility index (Phi) is 4.15. The van der Waals surface area contributed by atoms with Crippen LogP contribution in [0.1, 0.15) is 12.5 Å². The fourth-order valence-electron chi connectivity index (χ4n) is 2.98. The molecule has 4 rings (SSSR count). The quantitative estimate of drug-likeness (QED) is 0.429. The Morgan fingerprint density at radius 1 is 1.19 bits per heavy atom. The van der Waals surface area contributed by atoms with Crippen LogP contribution in [0.25, 0.3) is 21.9 Å². The molecule has 27 heavy (non-hydrogen) atoms. The van der Waals surface area contributed by atoms with Crippen molar-refractivity contribution in [3.63, 3.8) is 0 Å². The molecule has 0 saturated carbocycles. The third kappa shape index (κ3) is 3.16. The second kappa shape index (κ2) is 6.38. The number of H-pyrrole nitrogens is 1. The van der Waals surface area contributed by atoms with Crippen LogP contribution in [0.2, 0.25) is 5.02 Å². The molecule has 0 spiro atoms. The van der Waals surface area contributed by atoms with Gasteiger partial charge in [-0.25, -0.2) is 9.66 Å². The molecule has 0 aliphatic heterocycles. The predicted octanol–water partition coefficient (Wildman–Crippen LogP) is 5.50. The summed E-state index contributed by atoms with van der Waals surface area (Å²) in [4.78, 5) is 7.47. The first-order valence-corrected chi connectivity index (χ1v) is 8.62. The lowest BCUT2D eigenvalue weighted by Gasteiger charge is -2.11. The number of nitrogens with zero attached hydrogens (tertiary/aromatic N) is 2. The largest absolute Gasteiger partial charge is 0.416 e. The van der Waals surface area contributed by atoms with E-state index in [1.165, 1.54) is 6.07 Å². The average molecular weight is 394 g/mol. The normalized spacial score (nSPS) is 12.0. The number of rotatable bonds is 4. The predicted molar refractivity (Wildman–Crippen MR) is 101 cm³/mol. The minimum atomic E-state index is -4.42. The molecular weight excluding hydrogens is 379 g/mol. The standard InChI is InChI=1S/C18H15ClF3N5/c1-2-24-27-16-6-3-10(18(20,21)22)7-14(16)25-17(27)26-15-9-23-13-5-4-11(19)8-12(13)15/h3-9,23-24H,2H2,1H3,(H,25,26). The van der Waals surface area contributed by atoms with Crippen molar-refractivity contribution in [2.24, 2.45) is 0 Å². The SMILES string of the molecule is CCNn1c(Nc2c[nH]c3ccc(Cl)cc23)nc2cc(C(F)(F)F)ccc21. The molecule has 0 bridgehead atoms. The van der Waals surface area contributed by atoms with Crippen LogP contribution < -0.4 is 10.7 Å². The van der Waals surface area contributed by atoms with Crippen LogP contribution in [0.4, 0.5) is 24.8 Å². The highest BCUT2D eigenvalue weighted by atomic mass is 35.5. The molecule has 0 atom stereocenters. The van der Waals surface area contributed by atoms with Crippen molar-refractivity contribution in [2.75, 3.05) is 17.3 Å². The van der Waals surface area contributed by atoms with Crippen molar-refractivity contribution in [2.45, 2.75) is 13.1 Å². The van der Waals surface area contributed by atoms with E-state index < -0.39 is 11.7 Å². The molecule has 4 aromatic rings. The van der Waals surface area contributed by atoms with Gasteiger partial charge in [-0.1, -0.05) is 11.6 Å². The number of imidazole rings is 1. The van der Waals surface area contributed by atoms with Crippen molar-refractivity contribution < 1.29 is 13.2 Å². The number of halogens is 4. The minimum absolute atomic E-state index is 0.242. The summed E-state index contributed by atoms with van der Waals surface area (Å²) in [6, 6.07) is 8.93. The molecule has 5 nitrogen and oxygen atoms in total. The van der Waals surface area contributed by atoms with Gasteiger partial charge in [0.2, 0.25) is 5.95 Å². The number of aromatic nitrogens is 3. The summed E-state index contributed by atoms with van der Waals surface area (Å²) in [6.45, 7) is 2.46. The Bertz CT molecular complexity index is 1130. The molecule has 0 aliphatic rings. The molecule has 9 heteroatoms. The Balaban J connectivity index is 1.82. The van der Waals surface area contributed by atoms with Crippen molar-refractivity contribution >= 4 is 45.2 Å². The molecule has 0 fully saturated rings. The van der Waals surface area contributed by atoms with E-state index in [4.69, 9.17) is 11.6 Å². The lowest BCUT2D eigenvalue weighted by Crippen LogP contribution is -2.16. The van der Waals surface area contributed by atoms with E-state index in [0.29, 0.717) is 23.0 Å². The zero-order valence-corrected chi connectivity index (χ0v) is 14.9. The van der Waals surface area contributed by atoms with E-state index in [1.54, 1.807) is 23.0 Å². The van der Waals surface area contributed by atoms with Gasteiger partial charge in [0.25, 0.3) is 0 Å². The Labute approximate surface area is 157 Å². The number of benzene rings is 2. The van der Waals surface area contributed by atoms with Crippen LogP contribution in [-0.4, -0.2) is 21.2 Å². The van der Waals surface area contributed by atoms with Crippen molar-refractivity contribution in [3.05, 3.63) is 53.2 Å². The second-order valence-corrected chi connectivity index (χ2v) is 6.44. The average Bonchev–Trinajstić information content (AvgIpc) is 3.16. The molecule has 2 aromatic carbocycles. The zero-order valence-electron chi connectivity index (χ0n) is 14.2. The molecule has 2 heterocycles. The number of nitrogens with one attached hydrogen (secondary N) is 3. The molecular formula is C18H15ClF3N5. The van der Waals surface area contributed by atoms with E-state index in [-0.39, 0.29) is 5.52 Å². The lowest BCUT2D eigenvalue weighted by molar-refractivity contribution is -0.137. The van der Waals surface area contributed by atoms with Gasteiger partial charge in [0.15, 0.2) is 0 Å². The van der Waals surface area contributed by atoms with Crippen LogP contribution in [0, 0.1) is 0 Å². The van der Waals surface area contributed by atoms with E-state index in [2.05, 4.69) is 20.7 Å². The molecule has 0 amide bonds. The lowest BCUT2D eigenvalue weighted by atomic mass is 10.2. The number of fused-ring (bicyclic) bond motifs is 2. The molecule has 140 valence electrons. The summed E-state index contributed by atoms with van der Waals surface area (Å²) in [6.07, 6.45) is -2.66. The first kappa shape index (κ1) is 17.5. The molecule has 3 N–H and O–H groups in total. The summed E-state index contributed by atoms with van der Waals surface area (Å²) < 4.78 is 40.7. The first-order valence-electron chi connectivity index (χ1n) is 8.24. The van der Waals surface area contributed by atoms with Gasteiger partial charge in [0, 0.05) is 28.7 Å². The van der Waals surface area contributed by atoms with E-state index in [0.717, 1.165) is 28.7 Å². The van der Waals surface area contributed by atoms with Gasteiger partial charge in [-0.05, 0) is 43.3 Å². The molecule has 2 aromatic heterocycles. The monoisotopic (exact) mass is 393 g/mol. The zero-order chi connectivity index (χ0) is 19.2. The van der Waals surface area contributed by atoms with E-state index in [9.17, 15) is 13.2 Å². The summed E-state index contributed by atoms with van der Waals surface area (Å²) in [5, 5.41) is 4.61. The first-order chi connectivity index (χ1) is 12.9. The van der Waals surface area contributed by atoms with E-state index in [1.807, 2.05) is 13.0 Å². The van der Waals surface area contributed by atoms with Gasteiger partial charge in [-0.2, -0.15) is 13.2 Å². The maximum atomic E-state index is 13.0. The highest BCUT2D eigenvalue weighted by molar-refractivity contribution is 6.31. The number of alkyl halides is 3. The highest BCUT2D eigenvalue weighted by Gasteiger charge is 2.31. The Morgan fingerprint density at radius 3 is 2.74 bits per heavy atom. The van der Waals surface area contributed by atoms with Crippen LogP contribution >= 0.6 is 11.6 Å². The number of anilines is 2. The Morgan fingerprint density at radius 2 is 2.00 bits per heavy atom. The van der Waals surface area contributed by atoms with Gasteiger partial charge < -0.3 is 15.7 Å². The smallest absolute Gasteiger partial charge is 0.359 e. The summed E-state index contributed by atoms with van der Waals surface area (Å²) in [5.74, 6) is 0.382. The number of hydrogen-bond acceptors (Lipinski definition) is 3. The fraction of sp³-hybridized carbons (Fsp3) is 0.167. The summed E-state index contributed by atoms with van der Waals surface area (Å²) in [7, 11) is 0. The van der Waals surface area contributed by atoms with Crippen molar-refractivity contribution in [1.82, 2.24) is 14.6 Å². The third-order valence-electron chi connectivity index (χ3n) is 4.19. The van der Waals surface area contributed by atoms with Crippen molar-refractivity contribution in [3.8, 4) is 0 Å². The topological polar surface area (TPSA) is 57.7 Å². The number of hydrogen-bond donors (Lipinski definition) is 3. The van der Waals surface area contributed by atoms with Crippen molar-refractivity contribution in [1.29, 1.82) is 0 Å². The molecule has 0 saturated heterocycles. The summed E-state index contributed by atoms with van der Waals surface area (Å²) in [5.41, 5.74) is 4.76. The van der Waals surface area contributed by atoms with Gasteiger partial charge in [-0.15, -0.1) is 0 Å². The maximum absolute atomic E-state index is 13.0. The minimum Gasteiger partial charge on any atom is -0.359 e. The van der Waals surface area contributed by atoms with Crippen LogP contribution in [0.15, 0.2) is 42.6 Å². The van der Waals surface area contributed by atoms with Gasteiger partial charge in [0.1, 0.15) is 0 Å². The second-order valence-electron chi connectivity index (χ2n) is 6.00. The summed E-state index contributed by atoms with van der Waals surface area (Å²) >= 11 is 6.07. The third-order valence-corrected chi connectivity index (χ3v) is 4.42. The highest BCUT2D eigenvalue weighted by Crippen LogP contribution is 2.33. The molecule has 0 aliphatic carbocycles. The fourth-order valence-corrected chi connectivity index (χ4v) is 3.15.